The van der Waals surface area contributed by atoms with Gasteiger partial charge in [0.15, 0.2) is 0 Å². The van der Waals surface area contributed by atoms with E-state index in [9.17, 15) is 0 Å². The quantitative estimate of drug-likeness (QED) is 0.942. The highest BCUT2D eigenvalue weighted by Gasteiger charge is 2.37. The monoisotopic (exact) mass is 302 g/mol. The SMILES string of the molecule is CC1(C)c2cc(Cl)ccc2CN1c1cncc(CCO)c1. The molecule has 2 heterocycles. The lowest BCUT2D eigenvalue weighted by atomic mass is 9.93. The number of aromatic nitrogens is 1. The van der Waals surface area contributed by atoms with Crippen LogP contribution in [-0.2, 0) is 18.5 Å². The molecule has 21 heavy (non-hydrogen) atoms. The summed E-state index contributed by atoms with van der Waals surface area (Å²) in [6.45, 7) is 5.40. The van der Waals surface area contributed by atoms with Crippen LogP contribution in [0.15, 0.2) is 36.7 Å². The predicted octanol–water partition coefficient (Wildman–Crippen LogP) is 3.53. The number of pyridine rings is 1. The second kappa shape index (κ2) is 5.32. The third kappa shape index (κ3) is 2.52. The maximum absolute atomic E-state index is 9.10. The molecule has 0 fully saturated rings. The molecule has 3 rings (SSSR count). The van der Waals surface area contributed by atoms with Gasteiger partial charge in [0.2, 0.25) is 0 Å². The molecule has 0 spiro atoms. The molecule has 0 amide bonds. The van der Waals surface area contributed by atoms with Crippen molar-refractivity contribution < 1.29 is 5.11 Å². The number of aliphatic hydroxyl groups excluding tert-OH is 1. The number of aliphatic hydroxyl groups is 1. The van der Waals surface area contributed by atoms with Crippen molar-refractivity contribution in [3.05, 3.63) is 58.4 Å². The molecular weight excluding hydrogens is 284 g/mol. The first-order valence-electron chi connectivity index (χ1n) is 7.13. The van der Waals surface area contributed by atoms with E-state index in [1.165, 1.54) is 11.1 Å². The molecule has 2 aromatic rings. The van der Waals surface area contributed by atoms with Crippen LogP contribution in [0.3, 0.4) is 0 Å². The van der Waals surface area contributed by atoms with Crippen molar-refractivity contribution in [3.63, 3.8) is 0 Å². The zero-order valence-electron chi connectivity index (χ0n) is 12.3. The van der Waals surface area contributed by atoms with Gasteiger partial charge in [0, 0.05) is 24.4 Å². The van der Waals surface area contributed by atoms with Gasteiger partial charge in [-0.3, -0.25) is 4.98 Å². The van der Waals surface area contributed by atoms with Crippen molar-refractivity contribution >= 4 is 17.3 Å². The fourth-order valence-corrected chi connectivity index (χ4v) is 3.24. The summed E-state index contributed by atoms with van der Waals surface area (Å²) in [6.07, 6.45) is 4.33. The van der Waals surface area contributed by atoms with Crippen LogP contribution in [0.2, 0.25) is 5.02 Å². The summed E-state index contributed by atoms with van der Waals surface area (Å²) in [7, 11) is 0. The minimum absolute atomic E-state index is 0.125. The van der Waals surface area contributed by atoms with Crippen LogP contribution in [0.25, 0.3) is 0 Å². The molecule has 0 bridgehead atoms. The number of hydrogen-bond acceptors (Lipinski definition) is 3. The fourth-order valence-electron chi connectivity index (χ4n) is 3.07. The zero-order valence-corrected chi connectivity index (χ0v) is 13.1. The summed E-state index contributed by atoms with van der Waals surface area (Å²) >= 11 is 6.15. The molecule has 1 aromatic heterocycles. The van der Waals surface area contributed by atoms with E-state index in [0.717, 1.165) is 22.8 Å². The molecule has 0 saturated carbocycles. The van der Waals surface area contributed by atoms with Crippen molar-refractivity contribution in [2.45, 2.75) is 32.4 Å². The Hall–Kier alpha value is -1.58. The molecule has 1 N–H and O–H groups in total. The standard InChI is InChI=1S/C17H19ClN2O/c1-17(2)16-8-14(18)4-3-13(16)11-20(17)15-7-12(5-6-21)9-19-10-15/h3-4,7-10,21H,5-6,11H2,1-2H3. The molecular formula is C17H19ClN2O. The number of halogens is 1. The average molecular weight is 303 g/mol. The van der Waals surface area contributed by atoms with Crippen molar-refractivity contribution in [2.24, 2.45) is 0 Å². The van der Waals surface area contributed by atoms with E-state index in [1.54, 1.807) is 0 Å². The highest BCUT2D eigenvalue weighted by Crippen LogP contribution is 2.42. The molecule has 0 atom stereocenters. The Balaban J connectivity index is 2.00. The van der Waals surface area contributed by atoms with Gasteiger partial charge in [-0.05, 0) is 55.2 Å². The van der Waals surface area contributed by atoms with Gasteiger partial charge in [-0.1, -0.05) is 17.7 Å². The normalized spacial score (nSPS) is 16.1. The fraction of sp³-hybridized carbons (Fsp3) is 0.353. The lowest BCUT2D eigenvalue weighted by Crippen LogP contribution is -2.35. The predicted molar refractivity (Wildman–Crippen MR) is 85.7 cm³/mol. The third-order valence-corrected chi connectivity index (χ3v) is 4.46. The molecule has 1 aromatic carbocycles. The summed E-state index contributed by atoms with van der Waals surface area (Å²) in [4.78, 5) is 6.65. The van der Waals surface area contributed by atoms with Crippen LogP contribution in [0, 0.1) is 0 Å². The Bertz CT molecular complexity index is 670. The summed E-state index contributed by atoms with van der Waals surface area (Å²) in [5.41, 5.74) is 4.58. The van der Waals surface area contributed by atoms with Crippen molar-refractivity contribution in [2.75, 3.05) is 11.5 Å². The number of nitrogens with zero attached hydrogens (tertiary/aromatic N) is 2. The van der Waals surface area contributed by atoms with Gasteiger partial charge in [-0.15, -0.1) is 0 Å². The number of fused-ring (bicyclic) bond motifs is 1. The average Bonchev–Trinajstić information content (AvgIpc) is 2.71. The number of hydrogen-bond donors (Lipinski definition) is 1. The topological polar surface area (TPSA) is 36.4 Å². The lowest BCUT2D eigenvalue weighted by molar-refractivity contribution is 0.299. The highest BCUT2D eigenvalue weighted by atomic mass is 35.5. The van der Waals surface area contributed by atoms with E-state index in [-0.39, 0.29) is 12.1 Å². The zero-order chi connectivity index (χ0) is 15.0. The minimum atomic E-state index is -0.125. The van der Waals surface area contributed by atoms with Crippen molar-refractivity contribution in [1.82, 2.24) is 4.98 Å². The van der Waals surface area contributed by atoms with Gasteiger partial charge in [-0.2, -0.15) is 0 Å². The first-order chi connectivity index (χ1) is 10.0. The number of benzene rings is 1. The number of anilines is 1. The van der Waals surface area contributed by atoms with Crippen LogP contribution in [-0.4, -0.2) is 16.7 Å². The molecule has 0 aliphatic carbocycles. The summed E-state index contributed by atoms with van der Waals surface area (Å²) in [5.74, 6) is 0. The largest absolute Gasteiger partial charge is 0.396 e. The van der Waals surface area contributed by atoms with Gasteiger partial charge in [-0.25, -0.2) is 0 Å². The molecule has 0 unspecified atom stereocenters. The first kappa shape index (κ1) is 14.4. The van der Waals surface area contributed by atoms with Crippen molar-refractivity contribution in [3.8, 4) is 0 Å². The maximum atomic E-state index is 9.10. The Morgan fingerprint density at radius 1 is 1.29 bits per heavy atom. The molecule has 4 heteroatoms. The molecule has 3 nitrogen and oxygen atoms in total. The molecule has 1 aliphatic rings. The maximum Gasteiger partial charge on any atom is 0.0605 e. The summed E-state index contributed by atoms with van der Waals surface area (Å²) < 4.78 is 0. The molecule has 110 valence electrons. The first-order valence-corrected chi connectivity index (χ1v) is 7.51. The molecule has 0 saturated heterocycles. The van der Waals surface area contributed by atoms with E-state index in [4.69, 9.17) is 16.7 Å². The molecule has 1 aliphatic heterocycles. The minimum Gasteiger partial charge on any atom is -0.396 e. The molecule has 0 radical (unpaired) electrons. The van der Waals surface area contributed by atoms with E-state index < -0.39 is 0 Å². The Labute approximate surface area is 130 Å². The number of rotatable bonds is 3. The third-order valence-electron chi connectivity index (χ3n) is 4.23. The van der Waals surface area contributed by atoms with Gasteiger partial charge in [0.25, 0.3) is 0 Å². The van der Waals surface area contributed by atoms with Crippen LogP contribution in [0.1, 0.15) is 30.5 Å². The van der Waals surface area contributed by atoms with Gasteiger partial charge < -0.3 is 10.0 Å². The summed E-state index contributed by atoms with van der Waals surface area (Å²) in [6, 6.07) is 8.21. The van der Waals surface area contributed by atoms with Crippen molar-refractivity contribution in [1.29, 1.82) is 0 Å². The van der Waals surface area contributed by atoms with Gasteiger partial charge in [0.1, 0.15) is 0 Å². The Morgan fingerprint density at radius 2 is 2.10 bits per heavy atom. The van der Waals surface area contributed by atoms with Crippen LogP contribution < -0.4 is 4.90 Å². The van der Waals surface area contributed by atoms with Crippen LogP contribution >= 0.6 is 11.6 Å². The van der Waals surface area contributed by atoms with E-state index in [0.29, 0.717) is 6.42 Å². The second-order valence-corrected chi connectivity index (χ2v) is 6.41. The van der Waals surface area contributed by atoms with Gasteiger partial charge in [0.05, 0.1) is 17.4 Å². The van der Waals surface area contributed by atoms with E-state index in [1.807, 2.05) is 18.5 Å². The highest BCUT2D eigenvalue weighted by molar-refractivity contribution is 6.30. The van der Waals surface area contributed by atoms with Gasteiger partial charge >= 0.3 is 0 Å². The second-order valence-electron chi connectivity index (χ2n) is 5.97. The Kier molecular flexibility index (Phi) is 3.64. The summed E-state index contributed by atoms with van der Waals surface area (Å²) in [5, 5.41) is 9.87. The van der Waals surface area contributed by atoms with Crippen LogP contribution in [0.5, 0.6) is 0 Å². The smallest absolute Gasteiger partial charge is 0.0605 e. The van der Waals surface area contributed by atoms with E-state index >= 15 is 0 Å². The lowest BCUT2D eigenvalue weighted by Gasteiger charge is -2.34. The van der Waals surface area contributed by atoms with Crippen LogP contribution in [0.4, 0.5) is 5.69 Å². The van der Waals surface area contributed by atoms with E-state index in [2.05, 4.69) is 41.9 Å². The Morgan fingerprint density at radius 3 is 2.86 bits per heavy atom.